The van der Waals surface area contributed by atoms with Crippen molar-refractivity contribution in [3.8, 4) is 6.01 Å². The van der Waals surface area contributed by atoms with Crippen molar-refractivity contribution in [2.45, 2.75) is 31.7 Å². The van der Waals surface area contributed by atoms with Crippen molar-refractivity contribution in [3.63, 3.8) is 0 Å². The Labute approximate surface area is 104 Å². The van der Waals surface area contributed by atoms with Gasteiger partial charge in [-0.05, 0) is 41.7 Å². The van der Waals surface area contributed by atoms with Crippen molar-refractivity contribution in [2.24, 2.45) is 0 Å². The van der Waals surface area contributed by atoms with E-state index in [0.29, 0.717) is 18.7 Å². The molecule has 1 fully saturated rings. The van der Waals surface area contributed by atoms with Crippen molar-refractivity contribution >= 4 is 15.9 Å². The molecule has 0 aromatic carbocycles. The smallest absolute Gasteiger partial charge is 0.316 e. The molecule has 1 atom stereocenters. The maximum Gasteiger partial charge on any atom is 0.316 e. The van der Waals surface area contributed by atoms with Gasteiger partial charge in [0.1, 0.15) is 0 Å². The highest BCUT2D eigenvalue weighted by atomic mass is 79.9. The molecule has 2 heterocycles. The summed E-state index contributed by atoms with van der Waals surface area (Å²) in [5.41, 5.74) is 0. The SMILES string of the molecule is Brc1cnc(OCCC2CCCCN2)nc1. The Morgan fingerprint density at radius 3 is 2.88 bits per heavy atom. The van der Waals surface area contributed by atoms with Gasteiger partial charge in [0.25, 0.3) is 0 Å². The number of nitrogens with zero attached hydrogens (tertiary/aromatic N) is 2. The molecule has 2 rings (SSSR count). The molecule has 5 heteroatoms. The number of halogens is 1. The van der Waals surface area contributed by atoms with E-state index in [9.17, 15) is 0 Å². The third-order valence-corrected chi connectivity index (χ3v) is 3.12. The molecule has 1 unspecified atom stereocenters. The van der Waals surface area contributed by atoms with Crippen molar-refractivity contribution in [2.75, 3.05) is 13.2 Å². The highest BCUT2D eigenvalue weighted by Crippen LogP contribution is 2.11. The average molecular weight is 286 g/mol. The zero-order chi connectivity index (χ0) is 11.2. The van der Waals surface area contributed by atoms with Crippen LogP contribution in [0.25, 0.3) is 0 Å². The third kappa shape index (κ3) is 3.72. The molecule has 0 aliphatic carbocycles. The average Bonchev–Trinajstić information content (AvgIpc) is 2.33. The first-order valence-electron chi connectivity index (χ1n) is 5.68. The van der Waals surface area contributed by atoms with Gasteiger partial charge >= 0.3 is 6.01 Å². The predicted octanol–water partition coefficient (Wildman–Crippen LogP) is 2.15. The molecule has 1 N–H and O–H groups in total. The van der Waals surface area contributed by atoms with Crippen molar-refractivity contribution in [1.82, 2.24) is 15.3 Å². The second-order valence-electron chi connectivity index (χ2n) is 3.97. The molecule has 0 saturated carbocycles. The van der Waals surface area contributed by atoms with Crippen LogP contribution in [0.15, 0.2) is 16.9 Å². The number of aromatic nitrogens is 2. The molecule has 0 amide bonds. The third-order valence-electron chi connectivity index (χ3n) is 2.71. The normalized spacial score (nSPS) is 20.7. The highest BCUT2D eigenvalue weighted by molar-refractivity contribution is 9.10. The van der Waals surface area contributed by atoms with Gasteiger partial charge in [-0.1, -0.05) is 6.42 Å². The van der Waals surface area contributed by atoms with Crippen LogP contribution in [-0.4, -0.2) is 29.2 Å². The predicted molar refractivity (Wildman–Crippen MR) is 65.5 cm³/mol. The molecule has 0 spiro atoms. The number of hydrogen-bond donors (Lipinski definition) is 1. The molecule has 1 saturated heterocycles. The van der Waals surface area contributed by atoms with Gasteiger partial charge in [-0.25, -0.2) is 9.97 Å². The summed E-state index contributed by atoms with van der Waals surface area (Å²) in [7, 11) is 0. The van der Waals surface area contributed by atoms with E-state index in [0.717, 1.165) is 17.4 Å². The summed E-state index contributed by atoms with van der Waals surface area (Å²) in [6.45, 7) is 1.82. The molecule has 88 valence electrons. The number of rotatable bonds is 4. The Balaban J connectivity index is 1.69. The molecule has 1 aromatic rings. The number of nitrogens with one attached hydrogen (secondary N) is 1. The maximum atomic E-state index is 5.48. The molecule has 4 nitrogen and oxygen atoms in total. The molecule has 16 heavy (non-hydrogen) atoms. The van der Waals surface area contributed by atoms with E-state index in [-0.39, 0.29) is 0 Å². The van der Waals surface area contributed by atoms with E-state index in [1.54, 1.807) is 12.4 Å². The summed E-state index contributed by atoms with van der Waals surface area (Å²) in [4.78, 5) is 8.12. The number of hydrogen-bond acceptors (Lipinski definition) is 4. The van der Waals surface area contributed by atoms with Crippen LogP contribution in [-0.2, 0) is 0 Å². The van der Waals surface area contributed by atoms with Crippen LogP contribution >= 0.6 is 15.9 Å². The number of ether oxygens (including phenoxy) is 1. The molecular formula is C11H16BrN3O. The quantitative estimate of drug-likeness (QED) is 0.921. The van der Waals surface area contributed by atoms with Crippen molar-refractivity contribution < 1.29 is 4.74 Å². The molecule has 1 aliphatic rings. The summed E-state index contributed by atoms with van der Waals surface area (Å²) >= 11 is 3.29. The standard InChI is InChI=1S/C11H16BrN3O/c12-9-7-14-11(15-8-9)16-6-4-10-3-1-2-5-13-10/h7-8,10,13H,1-6H2. The van der Waals surface area contributed by atoms with E-state index >= 15 is 0 Å². The van der Waals surface area contributed by atoms with Gasteiger partial charge in [-0.3, -0.25) is 0 Å². The Kier molecular flexibility index (Phi) is 4.54. The molecular weight excluding hydrogens is 270 g/mol. The summed E-state index contributed by atoms with van der Waals surface area (Å²) in [6.07, 6.45) is 8.30. The van der Waals surface area contributed by atoms with Gasteiger partial charge in [0.15, 0.2) is 0 Å². The van der Waals surface area contributed by atoms with Crippen LogP contribution in [0.4, 0.5) is 0 Å². The Morgan fingerprint density at radius 2 is 2.19 bits per heavy atom. The first kappa shape index (κ1) is 11.8. The fourth-order valence-corrected chi connectivity index (χ4v) is 2.04. The zero-order valence-corrected chi connectivity index (χ0v) is 10.7. The fourth-order valence-electron chi connectivity index (χ4n) is 1.84. The summed E-state index contributed by atoms with van der Waals surface area (Å²) in [5.74, 6) is 0. The minimum Gasteiger partial charge on any atom is -0.463 e. The van der Waals surface area contributed by atoms with Crippen LogP contribution in [0, 0.1) is 0 Å². The summed E-state index contributed by atoms with van der Waals surface area (Å²) < 4.78 is 6.35. The lowest BCUT2D eigenvalue weighted by molar-refractivity contribution is 0.252. The summed E-state index contributed by atoms with van der Waals surface area (Å²) in [5, 5.41) is 3.49. The van der Waals surface area contributed by atoms with Gasteiger partial charge in [0.2, 0.25) is 0 Å². The minimum absolute atomic E-state index is 0.457. The second-order valence-corrected chi connectivity index (χ2v) is 4.88. The van der Waals surface area contributed by atoms with Gasteiger partial charge in [0.05, 0.1) is 11.1 Å². The lowest BCUT2D eigenvalue weighted by Gasteiger charge is -2.22. The van der Waals surface area contributed by atoms with E-state index in [1.165, 1.54) is 19.3 Å². The maximum absolute atomic E-state index is 5.48. The molecule has 1 aromatic heterocycles. The number of piperidine rings is 1. The van der Waals surface area contributed by atoms with E-state index in [4.69, 9.17) is 4.74 Å². The van der Waals surface area contributed by atoms with Crippen LogP contribution in [0.2, 0.25) is 0 Å². The van der Waals surface area contributed by atoms with E-state index in [1.807, 2.05) is 0 Å². The highest BCUT2D eigenvalue weighted by Gasteiger charge is 2.12. The Morgan fingerprint density at radius 1 is 1.38 bits per heavy atom. The largest absolute Gasteiger partial charge is 0.463 e. The van der Waals surface area contributed by atoms with Crippen LogP contribution < -0.4 is 10.1 Å². The molecule has 0 bridgehead atoms. The van der Waals surface area contributed by atoms with Gasteiger partial charge in [-0.2, -0.15) is 0 Å². The lowest BCUT2D eigenvalue weighted by atomic mass is 10.0. The van der Waals surface area contributed by atoms with Crippen molar-refractivity contribution in [1.29, 1.82) is 0 Å². The summed E-state index contributed by atoms with van der Waals surface area (Å²) in [6, 6.07) is 1.06. The molecule has 0 radical (unpaired) electrons. The molecule has 1 aliphatic heterocycles. The monoisotopic (exact) mass is 285 g/mol. The fraction of sp³-hybridized carbons (Fsp3) is 0.636. The zero-order valence-electron chi connectivity index (χ0n) is 9.16. The van der Waals surface area contributed by atoms with Gasteiger partial charge < -0.3 is 10.1 Å². The van der Waals surface area contributed by atoms with Crippen molar-refractivity contribution in [3.05, 3.63) is 16.9 Å². The Bertz CT molecular complexity index is 312. The van der Waals surface area contributed by atoms with E-state index < -0.39 is 0 Å². The van der Waals surface area contributed by atoms with E-state index in [2.05, 4.69) is 31.2 Å². The lowest BCUT2D eigenvalue weighted by Crippen LogP contribution is -2.35. The van der Waals surface area contributed by atoms with Crippen LogP contribution in [0.1, 0.15) is 25.7 Å². The topological polar surface area (TPSA) is 47.0 Å². The first-order chi connectivity index (χ1) is 7.84. The first-order valence-corrected chi connectivity index (χ1v) is 6.47. The second kappa shape index (κ2) is 6.15. The Hall–Kier alpha value is -0.680. The minimum atomic E-state index is 0.457. The van der Waals surface area contributed by atoms with Gasteiger partial charge in [-0.15, -0.1) is 0 Å². The van der Waals surface area contributed by atoms with Crippen LogP contribution in [0.3, 0.4) is 0 Å². The van der Waals surface area contributed by atoms with Crippen LogP contribution in [0.5, 0.6) is 6.01 Å². The van der Waals surface area contributed by atoms with Gasteiger partial charge in [0, 0.05) is 18.4 Å².